The van der Waals surface area contributed by atoms with Crippen molar-refractivity contribution < 1.29 is 13.2 Å². The van der Waals surface area contributed by atoms with Gasteiger partial charge in [-0.3, -0.25) is 4.79 Å². The lowest BCUT2D eigenvalue weighted by Gasteiger charge is -2.08. The average Bonchev–Trinajstić information content (AvgIpc) is 3.12. The Balaban J connectivity index is 1.60. The third-order valence-corrected chi connectivity index (χ3v) is 7.63. The summed E-state index contributed by atoms with van der Waals surface area (Å²) in [6.07, 6.45) is 1.09. The molecule has 0 bridgehead atoms. The van der Waals surface area contributed by atoms with Gasteiger partial charge in [-0.05, 0) is 49.2 Å². The lowest BCUT2D eigenvalue weighted by atomic mass is 10.1. The second-order valence-corrected chi connectivity index (χ2v) is 11.1. The minimum atomic E-state index is -3.40. The molecule has 3 aromatic rings. The van der Waals surface area contributed by atoms with E-state index in [9.17, 15) is 13.2 Å². The number of halogens is 1. The van der Waals surface area contributed by atoms with Crippen LogP contribution in [0.2, 0.25) is 5.02 Å². The van der Waals surface area contributed by atoms with Crippen LogP contribution in [0.5, 0.6) is 0 Å². The Labute approximate surface area is 188 Å². The Morgan fingerprint density at radius 3 is 2.67 bits per heavy atom. The van der Waals surface area contributed by atoms with E-state index < -0.39 is 9.84 Å². The molecule has 1 aromatic heterocycles. The largest absolute Gasteiger partial charge is 0.330 e. The maximum Gasteiger partial charge on any atom is 0.234 e. The lowest BCUT2D eigenvalue weighted by molar-refractivity contribution is -0.113. The van der Waals surface area contributed by atoms with Crippen molar-refractivity contribution in [1.29, 1.82) is 0 Å². The molecule has 1 heterocycles. The summed E-state index contributed by atoms with van der Waals surface area (Å²) in [5.41, 5.74) is 3.52. The van der Waals surface area contributed by atoms with Crippen LogP contribution in [0.25, 0.3) is 0 Å². The topological polar surface area (TPSA) is 101 Å². The van der Waals surface area contributed by atoms with E-state index in [2.05, 4.69) is 20.8 Å². The molecule has 1 amide bonds. The summed E-state index contributed by atoms with van der Waals surface area (Å²) >= 11 is 8.64. The van der Waals surface area contributed by atoms with Crippen molar-refractivity contribution in [1.82, 2.24) is 10.2 Å². The molecule has 0 aliphatic rings. The summed E-state index contributed by atoms with van der Waals surface area (Å²) < 4.78 is 24.0. The zero-order valence-corrected chi connectivity index (χ0v) is 19.6. The third-order valence-electron chi connectivity index (χ3n) is 4.22. The summed E-state index contributed by atoms with van der Waals surface area (Å²) in [7, 11) is -3.40. The highest BCUT2D eigenvalue weighted by atomic mass is 35.5. The number of aromatic nitrogens is 2. The zero-order chi connectivity index (χ0) is 21.9. The van der Waals surface area contributed by atoms with Gasteiger partial charge in [-0.25, -0.2) is 8.42 Å². The number of carbonyl (C=O) groups is 1. The van der Waals surface area contributed by atoms with Crippen molar-refractivity contribution in [3.63, 3.8) is 0 Å². The number of sulfone groups is 1. The van der Waals surface area contributed by atoms with Crippen molar-refractivity contribution in [2.75, 3.05) is 22.6 Å². The average molecular weight is 483 g/mol. The summed E-state index contributed by atoms with van der Waals surface area (Å²) in [4.78, 5) is 12.4. The molecule has 30 heavy (non-hydrogen) atoms. The first-order valence-corrected chi connectivity index (χ1v) is 12.8. The Morgan fingerprint density at radius 2 is 1.93 bits per heavy atom. The molecular formula is C19H19ClN4O3S3. The van der Waals surface area contributed by atoms with Crippen LogP contribution in [-0.4, -0.2) is 36.5 Å². The number of nitrogens with one attached hydrogen (secondary N) is 2. The highest BCUT2D eigenvalue weighted by Crippen LogP contribution is 2.30. The van der Waals surface area contributed by atoms with Crippen LogP contribution in [0, 0.1) is 13.8 Å². The Bertz CT molecular complexity index is 1200. The normalized spacial score (nSPS) is 11.3. The number of carbonyl (C=O) groups excluding carboxylic acids is 1. The van der Waals surface area contributed by atoms with Crippen LogP contribution in [0.15, 0.2) is 45.6 Å². The van der Waals surface area contributed by atoms with E-state index in [4.69, 9.17) is 11.6 Å². The maximum absolute atomic E-state index is 12.3. The van der Waals surface area contributed by atoms with Gasteiger partial charge in [0, 0.05) is 11.9 Å². The van der Waals surface area contributed by atoms with Crippen LogP contribution >= 0.6 is 34.7 Å². The molecule has 0 saturated heterocycles. The van der Waals surface area contributed by atoms with Gasteiger partial charge in [-0.1, -0.05) is 46.8 Å². The van der Waals surface area contributed by atoms with Gasteiger partial charge in [0.15, 0.2) is 14.2 Å². The molecule has 0 radical (unpaired) electrons. The van der Waals surface area contributed by atoms with E-state index in [1.165, 1.54) is 46.9 Å². The molecule has 158 valence electrons. The van der Waals surface area contributed by atoms with Crippen LogP contribution in [0.4, 0.5) is 16.5 Å². The zero-order valence-electron chi connectivity index (χ0n) is 16.4. The Hall–Kier alpha value is -2.14. The van der Waals surface area contributed by atoms with Crippen molar-refractivity contribution in [3.8, 4) is 0 Å². The number of hydrogen-bond donors (Lipinski definition) is 2. The molecule has 0 unspecified atom stereocenters. The second-order valence-electron chi connectivity index (χ2n) is 6.50. The van der Waals surface area contributed by atoms with Gasteiger partial charge in [0.05, 0.1) is 21.4 Å². The molecular weight excluding hydrogens is 464 g/mol. The quantitative estimate of drug-likeness (QED) is 0.471. The lowest BCUT2D eigenvalue weighted by Crippen LogP contribution is -2.14. The molecule has 0 aliphatic heterocycles. The van der Waals surface area contributed by atoms with Gasteiger partial charge in [-0.2, -0.15) is 0 Å². The number of benzene rings is 2. The Morgan fingerprint density at radius 1 is 1.17 bits per heavy atom. The first-order valence-electron chi connectivity index (χ1n) is 8.72. The van der Waals surface area contributed by atoms with E-state index >= 15 is 0 Å². The van der Waals surface area contributed by atoms with Gasteiger partial charge in [0.1, 0.15) is 0 Å². The van der Waals surface area contributed by atoms with Gasteiger partial charge in [0.25, 0.3) is 0 Å². The van der Waals surface area contributed by atoms with Crippen molar-refractivity contribution in [3.05, 3.63) is 52.5 Å². The van der Waals surface area contributed by atoms with Crippen molar-refractivity contribution in [2.45, 2.75) is 23.1 Å². The number of nitrogens with zero attached hydrogens (tertiary/aromatic N) is 2. The first-order chi connectivity index (χ1) is 14.1. The van der Waals surface area contributed by atoms with E-state index in [1.807, 2.05) is 32.0 Å². The fourth-order valence-electron chi connectivity index (χ4n) is 2.46. The van der Waals surface area contributed by atoms with Crippen LogP contribution < -0.4 is 10.6 Å². The third kappa shape index (κ3) is 5.72. The van der Waals surface area contributed by atoms with E-state index in [0.29, 0.717) is 9.47 Å². The molecule has 0 fully saturated rings. The maximum atomic E-state index is 12.3. The molecule has 11 heteroatoms. The SMILES string of the molecule is Cc1cccc(Nc2nnc(SCC(=O)Nc3cc(S(C)(=O)=O)ccc3Cl)s2)c1C. The number of anilines is 3. The molecule has 3 rings (SSSR count). The van der Waals surface area contributed by atoms with Crippen LogP contribution in [0.3, 0.4) is 0 Å². The summed E-state index contributed by atoms with van der Waals surface area (Å²) in [5.74, 6) is -0.246. The number of aryl methyl sites for hydroxylation is 1. The predicted molar refractivity (Wildman–Crippen MR) is 123 cm³/mol. The summed E-state index contributed by atoms with van der Waals surface area (Å²) in [6, 6.07) is 10.2. The minimum Gasteiger partial charge on any atom is -0.330 e. The van der Waals surface area contributed by atoms with Crippen LogP contribution in [-0.2, 0) is 14.6 Å². The Kier molecular flexibility index (Phi) is 7.02. The monoisotopic (exact) mass is 482 g/mol. The van der Waals surface area contributed by atoms with Crippen molar-refractivity contribution >= 4 is 67.0 Å². The van der Waals surface area contributed by atoms with Crippen LogP contribution in [0.1, 0.15) is 11.1 Å². The van der Waals surface area contributed by atoms with Gasteiger partial charge in [0.2, 0.25) is 11.0 Å². The molecule has 0 saturated carbocycles. The minimum absolute atomic E-state index is 0.0809. The first kappa shape index (κ1) is 22.5. The molecule has 7 nitrogen and oxygen atoms in total. The predicted octanol–water partition coefficient (Wildman–Crippen LogP) is 4.69. The smallest absolute Gasteiger partial charge is 0.234 e. The highest BCUT2D eigenvalue weighted by Gasteiger charge is 2.14. The van der Waals surface area contributed by atoms with E-state index in [-0.39, 0.29) is 27.3 Å². The molecule has 0 spiro atoms. The second kappa shape index (κ2) is 9.34. The summed E-state index contributed by atoms with van der Waals surface area (Å²) in [5, 5.41) is 15.0. The standard InChI is InChI=1S/C19H19ClN4O3S3/c1-11-5-4-6-15(12(11)2)22-18-23-24-19(29-18)28-10-17(25)21-16-9-13(30(3,26)27)7-8-14(16)20/h4-9H,10H2,1-3H3,(H,21,25)(H,22,23). The number of amides is 1. The van der Waals surface area contributed by atoms with Crippen molar-refractivity contribution in [2.24, 2.45) is 0 Å². The van der Waals surface area contributed by atoms with E-state index in [1.54, 1.807) is 0 Å². The molecule has 0 atom stereocenters. The molecule has 2 aromatic carbocycles. The van der Waals surface area contributed by atoms with Gasteiger partial charge < -0.3 is 10.6 Å². The number of rotatable bonds is 7. The number of thioether (sulfide) groups is 1. The molecule has 0 aliphatic carbocycles. The van der Waals surface area contributed by atoms with E-state index in [0.717, 1.165) is 17.5 Å². The highest BCUT2D eigenvalue weighted by molar-refractivity contribution is 8.01. The van der Waals surface area contributed by atoms with Gasteiger partial charge in [-0.15, -0.1) is 10.2 Å². The fraction of sp³-hybridized carbons (Fsp3) is 0.211. The molecule has 2 N–H and O–H groups in total. The number of hydrogen-bond acceptors (Lipinski definition) is 8. The summed E-state index contributed by atoms with van der Waals surface area (Å²) in [6.45, 7) is 4.07. The fourth-order valence-corrected chi connectivity index (χ4v) is 4.84. The van der Waals surface area contributed by atoms with Gasteiger partial charge >= 0.3 is 0 Å².